The van der Waals surface area contributed by atoms with E-state index >= 15 is 0 Å². The molecular weight excluding hydrogens is 470 g/mol. The summed E-state index contributed by atoms with van der Waals surface area (Å²) in [6.07, 6.45) is 1.37. The van der Waals surface area contributed by atoms with Crippen molar-refractivity contribution in [1.29, 1.82) is 0 Å². The van der Waals surface area contributed by atoms with Gasteiger partial charge in [-0.05, 0) is 48.9 Å². The Labute approximate surface area is 200 Å². The van der Waals surface area contributed by atoms with Crippen LogP contribution in [0.2, 0.25) is 10.0 Å². The van der Waals surface area contributed by atoms with Crippen molar-refractivity contribution in [2.45, 2.75) is 19.3 Å². The quantitative estimate of drug-likeness (QED) is 0.508. The predicted molar refractivity (Wildman–Crippen MR) is 122 cm³/mol. The average Bonchev–Trinajstić information content (AvgIpc) is 3.27. The molecule has 2 heterocycles. The second-order valence-corrected chi connectivity index (χ2v) is 8.58. The largest absolute Gasteiger partial charge is 0.339 e. The molecule has 0 spiro atoms. The highest BCUT2D eigenvalue weighted by atomic mass is 35.5. The zero-order valence-electron chi connectivity index (χ0n) is 17.6. The molecule has 0 bridgehead atoms. The van der Waals surface area contributed by atoms with Gasteiger partial charge in [0.1, 0.15) is 5.82 Å². The fraction of sp³-hybridized carbons (Fsp3) is 0.304. The third-order valence-electron chi connectivity index (χ3n) is 5.38. The molecule has 0 radical (unpaired) electrons. The van der Waals surface area contributed by atoms with Crippen molar-refractivity contribution in [1.82, 2.24) is 19.9 Å². The highest BCUT2D eigenvalue weighted by molar-refractivity contribution is 6.35. The lowest BCUT2D eigenvalue weighted by Gasteiger charge is -2.35. The Morgan fingerprint density at radius 1 is 0.970 bits per heavy atom. The third kappa shape index (κ3) is 5.89. The first-order valence-electron chi connectivity index (χ1n) is 10.5. The molecule has 1 saturated heterocycles. The van der Waals surface area contributed by atoms with Crippen LogP contribution >= 0.6 is 23.2 Å². The topological polar surface area (TPSA) is 79.5 Å². The fourth-order valence-corrected chi connectivity index (χ4v) is 4.17. The van der Waals surface area contributed by atoms with E-state index in [-0.39, 0.29) is 17.6 Å². The van der Waals surface area contributed by atoms with Crippen molar-refractivity contribution in [3.8, 4) is 11.4 Å². The van der Waals surface area contributed by atoms with Crippen LogP contribution in [0.4, 0.5) is 4.39 Å². The first kappa shape index (κ1) is 23.2. The first-order valence-corrected chi connectivity index (χ1v) is 11.3. The van der Waals surface area contributed by atoms with Gasteiger partial charge in [0.2, 0.25) is 17.6 Å². The van der Waals surface area contributed by atoms with Gasteiger partial charge in [0.25, 0.3) is 5.91 Å². The summed E-state index contributed by atoms with van der Waals surface area (Å²) in [6.45, 7) is 1.82. The van der Waals surface area contributed by atoms with E-state index in [0.29, 0.717) is 78.3 Å². The zero-order valence-corrected chi connectivity index (χ0v) is 19.2. The number of halogens is 3. The van der Waals surface area contributed by atoms with Crippen LogP contribution in [-0.4, -0.2) is 57.9 Å². The lowest BCUT2D eigenvalue weighted by atomic mass is 10.1. The lowest BCUT2D eigenvalue weighted by Crippen LogP contribution is -2.50. The summed E-state index contributed by atoms with van der Waals surface area (Å²) < 4.78 is 18.3. The number of rotatable bonds is 6. The van der Waals surface area contributed by atoms with Gasteiger partial charge < -0.3 is 14.3 Å². The Kier molecular flexibility index (Phi) is 7.25. The molecule has 1 fully saturated rings. The van der Waals surface area contributed by atoms with E-state index in [2.05, 4.69) is 10.1 Å². The number of hydrogen-bond donors (Lipinski definition) is 0. The van der Waals surface area contributed by atoms with Crippen LogP contribution < -0.4 is 0 Å². The average molecular weight is 491 g/mol. The summed E-state index contributed by atoms with van der Waals surface area (Å²) in [6, 6.07) is 10.6. The minimum atomic E-state index is -0.333. The van der Waals surface area contributed by atoms with Crippen LogP contribution in [0.3, 0.4) is 0 Å². The molecular formula is C23H21Cl2FN4O3. The summed E-state index contributed by atoms with van der Waals surface area (Å²) in [4.78, 5) is 33.0. The molecule has 3 aromatic rings. The molecule has 33 heavy (non-hydrogen) atoms. The molecule has 1 aromatic heterocycles. The Hall–Kier alpha value is -2.97. The SMILES string of the molecule is O=C(CCCc1nc(-c2ccc(F)cc2)no1)N1CCN(C(=O)c2cc(Cl)cc(Cl)c2)CC1. The van der Waals surface area contributed by atoms with Crippen LogP contribution in [0.25, 0.3) is 11.4 Å². The van der Waals surface area contributed by atoms with Gasteiger partial charge in [-0.15, -0.1) is 0 Å². The smallest absolute Gasteiger partial charge is 0.254 e. The first-order chi connectivity index (χ1) is 15.9. The van der Waals surface area contributed by atoms with E-state index in [0.717, 1.165) is 0 Å². The van der Waals surface area contributed by atoms with Crippen molar-refractivity contribution in [2.24, 2.45) is 0 Å². The Morgan fingerprint density at radius 3 is 2.27 bits per heavy atom. The second kappa shape index (κ2) is 10.3. The van der Waals surface area contributed by atoms with Crippen molar-refractivity contribution in [3.63, 3.8) is 0 Å². The number of amides is 2. The van der Waals surface area contributed by atoms with Gasteiger partial charge in [0.15, 0.2) is 0 Å². The highest BCUT2D eigenvalue weighted by Crippen LogP contribution is 2.21. The number of benzene rings is 2. The molecule has 2 amide bonds. The minimum Gasteiger partial charge on any atom is -0.339 e. The summed E-state index contributed by atoms with van der Waals surface area (Å²) in [5.74, 6) is 0.349. The lowest BCUT2D eigenvalue weighted by molar-refractivity contribution is -0.132. The molecule has 10 heteroatoms. The van der Waals surface area contributed by atoms with Gasteiger partial charge >= 0.3 is 0 Å². The van der Waals surface area contributed by atoms with E-state index in [1.165, 1.54) is 12.1 Å². The van der Waals surface area contributed by atoms with Gasteiger partial charge in [-0.25, -0.2) is 4.39 Å². The normalized spacial score (nSPS) is 13.9. The molecule has 0 atom stereocenters. The highest BCUT2D eigenvalue weighted by Gasteiger charge is 2.25. The van der Waals surface area contributed by atoms with Gasteiger partial charge in [-0.1, -0.05) is 28.4 Å². The third-order valence-corrected chi connectivity index (χ3v) is 5.82. The van der Waals surface area contributed by atoms with Crippen molar-refractivity contribution in [3.05, 3.63) is 69.8 Å². The Morgan fingerprint density at radius 2 is 1.61 bits per heavy atom. The second-order valence-electron chi connectivity index (χ2n) is 7.70. The van der Waals surface area contributed by atoms with E-state index in [1.807, 2.05) is 0 Å². The van der Waals surface area contributed by atoms with E-state index < -0.39 is 0 Å². The molecule has 172 valence electrons. The summed E-state index contributed by atoms with van der Waals surface area (Å²) in [7, 11) is 0. The van der Waals surface area contributed by atoms with Crippen LogP contribution in [-0.2, 0) is 11.2 Å². The van der Waals surface area contributed by atoms with Crippen LogP contribution in [0.15, 0.2) is 47.0 Å². The summed E-state index contributed by atoms with van der Waals surface area (Å²) in [5.41, 5.74) is 1.10. The number of hydrogen-bond acceptors (Lipinski definition) is 5. The van der Waals surface area contributed by atoms with Gasteiger partial charge in [-0.3, -0.25) is 9.59 Å². The molecule has 0 aliphatic carbocycles. The standard InChI is InChI=1S/C23H21Cl2FN4O3/c24-17-12-16(13-18(25)14-17)23(32)30-10-8-29(9-11-30)21(31)3-1-2-20-27-22(28-33-20)15-4-6-19(26)7-5-15/h4-7,12-14H,1-3,8-11H2. The van der Waals surface area contributed by atoms with E-state index in [9.17, 15) is 14.0 Å². The van der Waals surface area contributed by atoms with Crippen LogP contribution in [0.1, 0.15) is 29.1 Å². The summed E-state index contributed by atoms with van der Waals surface area (Å²) >= 11 is 12.0. The fourth-order valence-electron chi connectivity index (χ4n) is 3.64. The predicted octanol–water partition coefficient (Wildman–Crippen LogP) is 4.49. The van der Waals surface area contributed by atoms with E-state index in [1.54, 1.807) is 40.1 Å². The van der Waals surface area contributed by atoms with Gasteiger partial charge in [0.05, 0.1) is 0 Å². The van der Waals surface area contributed by atoms with Gasteiger partial charge in [-0.2, -0.15) is 4.98 Å². The number of nitrogens with zero attached hydrogens (tertiary/aromatic N) is 4. The Bertz CT molecular complexity index is 1120. The van der Waals surface area contributed by atoms with Crippen LogP contribution in [0, 0.1) is 5.82 Å². The number of piperazine rings is 1. The molecule has 0 saturated carbocycles. The Balaban J connectivity index is 1.23. The van der Waals surface area contributed by atoms with Gasteiger partial charge in [0, 0.05) is 60.2 Å². The monoisotopic (exact) mass is 490 g/mol. The number of carbonyl (C=O) groups excluding carboxylic acids is 2. The zero-order chi connectivity index (χ0) is 23.4. The molecule has 2 aromatic carbocycles. The number of aryl methyl sites for hydroxylation is 1. The maximum absolute atomic E-state index is 13.0. The molecule has 4 rings (SSSR count). The van der Waals surface area contributed by atoms with Crippen molar-refractivity contribution < 1.29 is 18.5 Å². The van der Waals surface area contributed by atoms with E-state index in [4.69, 9.17) is 27.7 Å². The molecule has 0 N–H and O–H groups in total. The van der Waals surface area contributed by atoms with Crippen molar-refractivity contribution >= 4 is 35.0 Å². The molecule has 0 unspecified atom stereocenters. The molecule has 7 nitrogen and oxygen atoms in total. The maximum Gasteiger partial charge on any atom is 0.254 e. The number of carbonyl (C=O) groups is 2. The van der Waals surface area contributed by atoms with Crippen molar-refractivity contribution in [2.75, 3.05) is 26.2 Å². The number of aromatic nitrogens is 2. The minimum absolute atomic E-state index is 0.0196. The summed E-state index contributed by atoms with van der Waals surface area (Å²) in [5, 5.41) is 4.72. The van der Waals surface area contributed by atoms with Crippen LogP contribution in [0.5, 0.6) is 0 Å². The molecule has 1 aliphatic rings. The maximum atomic E-state index is 13.0. The molecule has 1 aliphatic heterocycles.